The molecule has 0 radical (unpaired) electrons. The molecule has 1 aliphatic heterocycles. The number of hydrogen-bond donors (Lipinski definition) is 2. The molecule has 1 atom stereocenters. The van der Waals surface area contributed by atoms with Crippen molar-refractivity contribution in [3.8, 4) is 0 Å². The van der Waals surface area contributed by atoms with E-state index in [1.807, 2.05) is 0 Å². The van der Waals surface area contributed by atoms with Crippen LogP contribution in [0.3, 0.4) is 0 Å². The summed E-state index contributed by atoms with van der Waals surface area (Å²) < 4.78 is 23.8. The molecule has 1 unspecified atom stereocenters. The van der Waals surface area contributed by atoms with E-state index in [-0.39, 0.29) is 29.8 Å². The normalized spacial score (nSPS) is 17.0. The molecule has 0 aromatic heterocycles. The number of hydrogen-bond acceptors (Lipinski definition) is 4. The first-order chi connectivity index (χ1) is 12.3. The highest BCUT2D eigenvalue weighted by molar-refractivity contribution is 14.0. The van der Waals surface area contributed by atoms with E-state index >= 15 is 0 Å². The zero-order valence-corrected chi connectivity index (χ0v) is 18.4. The molecular weight excluding hydrogens is 468 g/mol. The van der Waals surface area contributed by atoms with E-state index in [1.165, 1.54) is 12.1 Å². The Balaban J connectivity index is 0.00000338. The lowest BCUT2D eigenvalue weighted by atomic mass is 10.1. The summed E-state index contributed by atoms with van der Waals surface area (Å²) in [4.78, 5) is 5.27. The Kier molecular flexibility index (Phi) is 13.1. The molecule has 0 saturated carbocycles. The van der Waals surface area contributed by atoms with E-state index in [2.05, 4.69) is 15.6 Å². The van der Waals surface area contributed by atoms with E-state index < -0.39 is 0 Å². The Morgan fingerprint density at radius 3 is 2.77 bits per heavy atom. The number of benzene rings is 1. The maximum absolute atomic E-state index is 12.8. The summed E-state index contributed by atoms with van der Waals surface area (Å²) in [5.41, 5.74) is 0. The highest BCUT2D eigenvalue weighted by Gasteiger charge is 2.15. The van der Waals surface area contributed by atoms with Gasteiger partial charge in [-0.1, -0.05) is 0 Å². The maximum Gasteiger partial charge on any atom is 0.191 e. The minimum atomic E-state index is -0.201. The second kappa shape index (κ2) is 14.5. The Bertz CT molecular complexity index is 514. The minimum absolute atomic E-state index is 0. The molecule has 1 saturated heterocycles. The molecule has 1 aromatic rings. The number of nitrogens with zero attached hydrogens (tertiary/aromatic N) is 1. The number of nitrogens with one attached hydrogen (secondary N) is 2. The predicted molar refractivity (Wildman–Crippen MR) is 116 cm³/mol. The quantitative estimate of drug-likeness (QED) is 0.171. The van der Waals surface area contributed by atoms with Gasteiger partial charge in [-0.25, -0.2) is 4.39 Å². The van der Waals surface area contributed by atoms with Crippen LogP contribution in [0, 0.1) is 11.7 Å². The molecule has 1 heterocycles. The molecular formula is C18H29FIN3O2S. The van der Waals surface area contributed by atoms with Crippen LogP contribution in [0.2, 0.25) is 0 Å². The molecule has 0 amide bonds. The van der Waals surface area contributed by atoms with Gasteiger partial charge in [-0.2, -0.15) is 0 Å². The van der Waals surface area contributed by atoms with Gasteiger partial charge in [-0.15, -0.1) is 35.7 Å². The van der Waals surface area contributed by atoms with Crippen molar-refractivity contribution in [2.24, 2.45) is 10.9 Å². The number of rotatable bonds is 10. The van der Waals surface area contributed by atoms with Crippen LogP contribution in [0.25, 0.3) is 0 Å². The first-order valence-electron chi connectivity index (χ1n) is 8.76. The van der Waals surface area contributed by atoms with Crippen LogP contribution in [0.4, 0.5) is 4.39 Å². The summed E-state index contributed by atoms with van der Waals surface area (Å²) in [5, 5.41) is 6.55. The number of ether oxygens (including phenoxy) is 2. The van der Waals surface area contributed by atoms with Gasteiger partial charge < -0.3 is 20.1 Å². The van der Waals surface area contributed by atoms with E-state index in [4.69, 9.17) is 9.47 Å². The second-order valence-electron chi connectivity index (χ2n) is 5.89. The third-order valence-electron chi connectivity index (χ3n) is 3.84. The third-order valence-corrected chi connectivity index (χ3v) is 4.85. The van der Waals surface area contributed by atoms with Crippen molar-refractivity contribution in [1.29, 1.82) is 0 Å². The van der Waals surface area contributed by atoms with Crippen molar-refractivity contribution in [1.82, 2.24) is 10.6 Å². The highest BCUT2D eigenvalue weighted by Crippen LogP contribution is 2.17. The molecule has 0 aliphatic carbocycles. The van der Waals surface area contributed by atoms with Crippen LogP contribution in [0.5, 0.6) is 0 Å². The number of aliphatic imine (C=N–C) groups is 1. The fourth-order valence-electron chi connectivity index (χ4n) is 2.44. The van der Waals surface area contributed by atoms with Gasteiger partial charge in [0.15, 0.2) is 5.96 Å². The van der Waals surface area contributed by atoms with Crippen molar-refractivity contribution in [2.45, 2.75) is 17.7 Å². The molecule has 8 heteroatoms. The van der Waals surface area contributed by atoms with Crippen molar-refractivity contribution in [3.05, 3.63) is 30.1 Å². The summed E-state index contributed by atoms with van der Waals surface area (Å²) in [5.74, 6) is 2.05. The van der Waals surface area contributed by atoms with Gasteiger partial charge >= 0.3 is 0 Å². The van der Waals surface area contributed by atoms with Crippen molar-refractivity contribution in [3.63, 3.8) is 0 Å². The van der Waals surface area contributed by atoms with Crippen LogP contribution >= 0.6 is 35.7 Å². The highest BCUT2D eigenvalue weighted by atomic mass is 127. The second-order valence-corrected chi connectivity index (χ2v) is 7.05. The smallest absolute Gasteiger partial charge is 0.191 e. The van der Waals surface area contributed by atoms with Crippen molar-refractivity contribution in [2.75, 3.05) is 52.3 Å². The molecule has 0 spiro atoms. The van der Waals surface area contributed by atoms with Gasteiger partial charge in [0, 0.05) is 49.9 Å². The monoisotopic (exact) mass is 497 g/mol. The maximum atomic E-state index is 12.8. The summed E-state index contributed by atoms with van der Waals surface area (Å²) in [6.07, 6.45) is 2.06. The summed E-state index contributed by atoms with van der Waals surface area (Å²) in [6, 6.07) is 6.56. The SMILES string of the molecule is CN=C(NCCCOCC1CCOC1)NCCSc1ccc(F)cc1.I. The van der Waals surface area contributed by atoms with E-state index in [1.54, 1.807) is 30.9 Å². The summed E-state index contributed by atoms with van der Waals surface area (Å²) >= 11 is 1.69. The molecule has 148 valence electrons. The lowest BCUT2D eigenvalue weighted by molar-refractivity contribution is 0.0888. The zero-order valence-electron chi connectivity index (χ0n) is 15.2. The largest absolute Gasteiger partial charge is 0.381 e. The topological polar surface area (TPSA) is 54.9 Å². The summed E-state index contributed by atoms with van der Waals surface area (Å²) in [7, 11) is 1.76. The van der Waals surface area contributed by atoms with E-state index in [0.29, 0.717) is 5.92 Å². The lowest BCUT2D eigenvalue weighted by Gasteiger charge is -2.12. The molecule has 5 nitrogen and oxygen atoms in total. The molecule has 0 bridgehead atoms. The van der Waals surface area contributed by atoms with Crippen LogP contribution in [-0.4, -0.2) is 58.3 Å². The average molecular weight is 497 g/mol. The van der Waals surface area contributed by atoms with E-state index in [0.717, 1.165) is 69.0 Å². The summed E-state index contributed by atoms with van der Waals surface area (Å²) in [6.45, 7) is 4.88. The van der Waals surface area contributed by atoms with Gasteiger partial charge in [0.25, 0.3) is 0 Å². The first kappa shape index (κ1) is 23.5. The molecule has 2 N–H and O–H groups in total. The first-order valence-corrected chi connectivity index (χ1v) is 9.75. The zero-order chi connectivity index (χ0) is 17.7. The van der Waals surface area contributed by atoms with E-state index in [9.17, 15) is 4.39 Å². The molecule has 1 aliphatic rings. The minimum Gasteiger partial charge on any atom is -0.381 e. The Hall–Kier alpha value is -0.580. The van der Waals surface area contributed by atoms with Gasteiger partial charge in [0.1, 0.15) is 5.82 Å². The number of thioether (sulfide) groups is 1. The molecule has 1 aromatic carbocycles. The van der Waals surface area contributed by atoms with Gasteiger partial charge in [-0.05, 0) is 37.1 Å². The Labute approximate surface area is 176 Å². The standard InChI is InChI=1S/C18H28FN3O2S.HI/c1-20-18(21-8-2-10-23-13-15-7-11-24-14-15)22-9-12-25-17-5-3-16(19)4-6-17;/h3-6,15H,2,7-14H2,1H3,(H2,20,21,22);1H. The fraction of sp³-hybridized carbons (Fsp3) is 0.611. The van der Waals surface area contributed by atoms with Crippen LogP contribution < -0.4 is 10.6 Å². The van der Waals surface area contributed by atoms with Crippen LogP contribution in [-0.2, 0) is 9.47 Å². The van der Waals surface area contributed by atoms with Crippen LogP contribution in [0.15, 0.2) is 34.2 Å². The third kappa shape index (κ3) is 9.94. The number of guanidine groups is 1. The van der Waals surface area contributed by atoms with Gasteiger partial charge in [0.2, 0.25) is 0 Å². The van der Waals surface area contributed by atoms with Crippen molar-refractivity contribution < 1.29 is 13.9 Å². The Morgan fingerprint density at radius 2 is 2.08 bits per heavy atom. The van der Waals surface area contributed by atoms with Crippen LogP contribution in [0.1, 0.15) is 12.8 Å². The van der Waals surface area contributed by atoms with Crippen molar-refractivity contribution >= 4 is 41.7 Å². The molecule has 1 fully saturated rings. The fourth-order valence-corrected chi connectivity index (χ4v) is 3.20. The lowest BCUT2D eigenvalue weighted by Crippen LogP contribution is -2.39. The average Bonchev–Trinajstić information content (AvgIpc) is 3.14. The Morgan fingerprint density at radius 1 is 1.31 bits per heavy atom. The predicted octanol–water partition coefficient (Wildman–Crippen LogP) is 3.14. The number of halogens is 2. The molecule has 26 heavy (non-hydrogen) atoms. The van der Waals surface area contributed by atoms with Gasteiger partial charge in [-0.3, -0.25) is 4.99 Å². The molecule has 2 rings (SSSR count). The van der Waals surface area contributed by atoms with Gasteiger partial charge in [0.05, 0.1) is 13.2 Å².